The lowest BCUT2D eigenvalue weighted by Gasteiger charge is -2.25. The minimum atomic E-state index is -0.704. The molecule has 2 aromatic rings. The molecule has 1 saturated heterocycles. The maximum atomic E-state index is 12.9. The number of aliphatic hydroxyl groups excluding tert-OH is 1. The van der Waals surface area contributed by atoms with Crippen molar-refractivity contribution in [2.45, 2.75) is 25.8 Å². The smallest absolute Gasteiger partial charge is 0.295 e. The summed E-state index contributed by atoms with van der Waals surface area (Å²) in [6.45, 7) is 4.73. The van der Waals surface area contributed by atoms with Crippen LogP contribution >= 0.6 is 0 Å². The van der Waals surface area contributed by atoms with Crippen LogP contribution in [0.3, 0.4) is 0 Å². The van der Waals surface area contributed by atoms with Crippen LogP contribution in [0.4, 0.5) is 0 Å². The molecule has 6 heteroatoms. The molecule has 0 saturated carbocycles. The van der Waals surface area contributed by atoms with Crippen LogP contribution in [0.15, 0.2) is 54.1 Å². The molecule has 6 nitrogen and oxygen atoms in total. The van der Waals surface area contributed by atoms with Crippen LogP contribution in [-0.2, 0) is 14.3 Å². The van der Waals surface area contributed by atoms with Crippen molar-refractivity contribution in [2.75, 3.05) is 27.4 Å². The summed E-state index contributed by atoms with van der Waals surface area (Å²) in [6, 6.07) is 13.9. The summed E-state index contributed by atoms with van der Waals surface area (Å²) < 4.78 is 10.4. The van der Waals surface area contributed by atoms with Gasteiger partial charge < -0.3 is 19.5 Å². The zero-order valence-electron chi connectivity index (χ0n) is 17.7. The first-order valence-electron chi connectivity index (χ1n) is 9.90. The molecule has 0 radical (unpaired) electrons. The van der Waals surface area contributed by atoms with Crippen LogP contribution in [0.5, 0.6) is 5.75 Å². The van der Waals surface area contributed by atoms with Crippen LogP contribution in [-0.4, -0.2) is 49.1 Å². The van der Waals surface area contributed by atoms with Gasteiger partial charge in [0.2, 0.25) is 0 Å². The van der Waals surface area contributed by atoms with Gasteiger partial charge in [-0.05, 0) is 29.2 Å². The maximum Gasteiger partial charge on any atom is 0.295 e. The third kappa shape index (κ3) is 4.09. The number of carbonyl (C=O) groups is 2. The van der Waals surface area contributed by atoms with Gasteiger partial charge in [0.05, 0.1) is 25.3 Å². The van der Waals surface area contributed by atoms with E-state index in [2.05, 4.69) is 13.8 Å². The fourth-order valence-electron chi connectivity index (χ4n) is 3.64. The van der Waals surface area contributed by atoms with E-state index < -0.39 is 17.7 Å². The number of hydrogen-bond donors (Lipinski definition) is 1. The average Bonchev–Trinajstić information content (AvgIpc) is 3.01. The number of nitrogens with zero attached hydrogens (tertiary/aromatic N) is 1. The fourth-order valence-corrected chi connectivity index (χ4v) is 3.64. The second-order valence-electron chi connectivity index (χ2n) is 7.54. The Balaban J connectivity index is 2.14. The molecule has 30 heavy (non-hydrogen) atoms. The summed E-state index contributed by atoms with van der Waals surface area (Å²) in [4.78, 5) is 27.2. The molecule has 1 aliphatic rings. The van der Waals surface area contributed by atoms with Crippen molar-refractivity contribution in [3.05, 3.63) is 70.8 Å². The van der Waals surface area contributed by atoms with Crippen molar-refractivity contribution in [1.29, 1.82) is 0 Å². The van der Waals surface area contributed by atoms with Gasteiger partial charge >= 0.3 is 0 Å². The van der Waals surface area contributed by atoms with E-state index in [0.717, 1.165) is 11.1 Å². The lowest BCUT2D eigenvalue weighted by Crippen LogP contribution is -2.32. The number of ether oxygens (including phenoxy) is 2. The van der Waals surface area contributed by atoms with E-state index >= 15 is 0 Å². The molecule has 1 fully saturated rings. The summed E-state index contributed by atoms with van der Waals surface area (Å²) >= 11 is 0. The van der Waals surface area contributed by atoms with E-state index in [0.29, 0.717) is 17.2 Å². The maximum absolute atomic E-state index is 12.9. The van der Waals surface area contributed by atoms with Gasteiger partial charge in [-0.3, -0.25) is 9.59 Å². The molecule has 1 atom stereocenters. The van der Waals surface area contributed by atoms with Gasteiger partial charge in [0.1, 0.15) is 11.5 Å². The molecule has 1 unspecified atom stereocenters. The molecule has 0 spiro atoms. The Bertz CT molecular complexity index is 962. The van der Waals surface area contributed by atoms with Gasteiger partial charge in [0, 0.05) is 19.2 Å². The van der Waals surface area contributed by atoms with Crippen LogP contribution in [0.1, 0.15) is 42.5 Å². The normalized spacial score (nSPS) is 18.3. The standard InChI is InChI=1S/C24H27NO5/c1-15(2)16-8-10-17(11-9-16)21-20(23(27)24(28)25(21)12-13-29-3)22(26)18-6-5-7-19(14-18)30-4/h5-11,14-15,21,26H,12-13H2,1-4H3/b22-20+. The minimum absolute atomic E-state index is 0.0710. The zero-order valence-corrected chi connectivity index (χ0v) is 17.7. The van der Waals surface area contributed by atoms with Crippen molar-refractivity contribution in [2.24, 2.45) is 0 Å². The molecular weight excluding hydrogens is 382 g/mol. The molecule has 0 aromatic heterocycles. The van der Waals surface area contributed by atoms with E-state index in [1.165, 1.54) is 12.0 Å². The number of rotatable bonds is 7. The Kier molecular flexibility index (Phi) is 6.57. The first-order valence-corrected chi connectivity index (χ1v) is 9.90. The highest BCUT2D eigenvalue weighted by Gasteiger charge is 2.45. The van der Waals surface area contributed by atoms with E-state index in [-0.39, 0.29) is 24.5 Å². The van der Waals surface area contributed by atoms with Crippen LogP contribution in [0.25, 0.3) is 5.76 Å². The third-order valence-corrected chi connectivity index (χ3v) is 5.34. The van der Waals surface area contributed by atoms with Crippen LogP contribution in [0.2, 0.25) is 0 Å². The second-order valence-corrected chi connectivity index (χ2v) is 7.54. The number of benzene rings is 2. The zero-order chi connectivity index (χ0) is 21.8. The largest absolute Gasteiger partial charge is 0.507 e. The molecule has 3 rings (SSSR count). The van der Waals surface area contributed by atoms with Crippen LogP contribution < -0.4 is 4.74 Å². The van der Waals surface area contributed by atoms with Gasteiger partial charge in [-0.15, -0.1) is 0 Å². The monoisotopic (exact) mass is 409 g/mol. The summed E-state index contributed by atoms with van der Waals surface area (Å²) in [5.74, 6) is -0.662. The minimum Gasteiger partial charge on any atom is -0.507 e. The second kappa shape index (κ2) is 9.13. The highest BCUT2D eigenvalue weighted by Crippen LogP contribution is 2.39. The predicted molar refractivity (Wildman–Crippen MR) is 114 cm³/mol. The molecular formula is C24H27NO5. The summed E-state index contributed by atoms with van der Waals surface area (Å²) in [5.41, 5.74) is 2.41. The topological polar surface area (TPSA) is 76.1 Å². The van der Waals surface area contributed by atoms with Gasteiger partial charge in [0.15, 0.2) is 0 Å². The van der Waals surface area contributed by atoms with Crippen molar-refractivity contribution >= 4 is 17.4 Å². The summed E-state index contributed by atoms with van der Waals surface area (Å²) in [5, 5.41) is 11.0. The molecule has 1 heterocycles. The first-order chi connectivity index (χ1) is 14.4. The number of hydrogen-bond acceptors (Lipinski definition) is 5. The number of carbonyl (C=O) groups excluding carboxylic acids is 2. The van der Waals surface area contributed by atoms with Crippen molar-refractivity contribution in [1.82, 2.24) is 4.90 Å². The molecule has 158 valence electrons. The Labute approximate surface area is 176 Å². The fraction of sp³-hybridized carbons (Fsp3) is 0.333. The van der Waals surface area contributed by atoms with E-state index in [1.54, 1.807) is 31.4 Å². The number of likely N-dealkylation sites (tertiary alicyclic amines) is 1. The van der Waals surface area contributed by atoms with Crippen LogP contribution in [0, 0.1) is 0 Å². The summed E-state index contributed by atoms with van der Waals surface area (Å²) in [7, 11) is 3.07. The number of methoxy groups -OCH3 is 2. The average molecular weight is 409 g/mol. The van der Waals surface area contributed by atoms with Gasteiger partial charge in [0.25, 0.3) is 11.7 Å². The SMILES string of the molecule is COCCN1C(=O)C(=O)/C(=C(/O)c2cccc(OC)c2)C1c1ccc(C(C)C)cc1. The Hall–Kier alpha value is -3.12. The molecule has 1 amide bonds. The predicted octanol–water partition coefficient (Wildman–Crippen LogP) is 3.89. The van der Waals surface area contributed by atoms with Gasteiger partial charge in [-0.25, -0.2) is 0 Å². The number of amides is 1. The highest BCUT2D eigenvalue weighted by atomic mass is 16.5. The van der Waals surface area contributed by atoms with E-state index in [1.807, 2.05) is 24.3 Å². The van der Waals surface area contributed by atoms with Gasteiger partial charge in [-0.1, -0.05) is 50.2 Å². The van der Waals surface area contributed by atoms with Gasteiger partial charge in [-0.2, -0.15) is 0 Å². The first kappa shape index (κ1) is 21.6. The Morgan fingerprint density at radius 2 is 1.80 bits per heavy atom. The van der Waals surface area contributed by atoms with E-state index in [9.17, 15) is 14.7 Å². The Morgan fingerprint density at radius 1 is 1.10 bits per heavy atom. The summed E-state index contributed by atoms with van der Waals surface area (Å²) in [6.07, 6.45) is 0. The molecule has 1 aliphatic heterocycles. The van der Waals surface area contributed by atoms with E-state index in [4.69, 9.17) is 9.47 Å². The highest BCUT2D eigenvalue weighted by molar-refractivity contribution is 6.46. The third-order valence-electron chi connectivity index (χ3n) is 5.34. The molecule has 1 N–H and O–H groups in total. The number of aliphatic hydroxyl groups is 1. The number of ketones is 1. The molecule has 0 aliphatic carbocycles. The number of Topliss-reactive ketones (excluding diaryl/α,β-unsaturated/α-hetero) is 1. The van der Waals surface area contributed by atoms with Crippen molar-refractivity contribution in [3.63, 3.8) is 0 Å². The quantitative estimate of drug-likeness (QED) is 0.427. The molecule has 0 bridgehead atoms. The Morgan fingerprint density at radius 3 is 2.40 bits per heavy atom. The van der Waals surface area contributed by atoms with Crippen molar-refractivity contribution in [3.8, 4) is 5.75 Å². The van der Waals surface area contributed by atoms with Crippen molar-refractivity contribution < 1.29 is 24.2 Å². The lowest BCUT2D eigenvalue weighted by atomic mass is 9.93. The lowest BCUT2D eigenvalue weighted by molar-refractivity contribution is -0.140. The molecule has 2 aromatic carbocycles.